The smallest absolute Gasteiger partial charge is 0.414 e. The van der Waals surface area contributed by atoms with Crippen molar-refractivity contribution in [2.75, 3.05) is 52.6 Å². The Morgan fingerprint density at radius 3 is 0.884 bits per heavy atom. The molecule has 0 saturated carbocycles. The number of thiophene rings is 1. The van der Waals surface area contributed by atoms with Gasteiger partial charge in [0, 0.05) is 71.3 Å². The van der Waals surface area contributed by atoms with Crippen molar-refractivity contribution in [3.05, 3.63) is 72.8 Å². The molecule has 0 aliphatic carbocycles. The number of ether oxygens (including phenoxy) is 10. The largest absolute Gasteiger partial charge is 0.493 e. The highest BCUT2D eigenvalue weighted by Gasteiger charge is 2.25. The van der Waals surface area contributed by atoms with Crippen LogP contribution in [0.15, 0.2) is 82.8 Å². The Kier molecular flexibility index (Phi) is 29.6. The molecule has 0 saturated heterocycles. The molecule has 5 rings (SSSR count). The van der Waals surface area contributed by atoms with Gasteiger partial charge in [-0.2, -0.15) is 0 Å². The number of nitrogens with zero attached hydrogens (tertiary/aromatic N) is 2. The van der Waals surface area contributed by atoms with E-state index >= 15 is 0 Å². The minimum Gasteiger partial charge on any atom is -0.493 e. The first kappa shape index (κ1) is 78.7. The van der Waals surface area contributed by atoms with Crippen molar-refractivity contribution < 1.29 is 76.1 Å². The van der Waals surface area contributed by atoms with Crippen LogP contribution in [0.3, 0.4) is 0 Å². The fourth-order valence-corrected chi connectivity index (χ4v) is 9.26. The van der Waals surface area contributed by atoms with Gasteiger partial charge in [0.05, 0.1) is 26.4 Å². The minimum atomic E-state index is -0.815. The molecule has 0 spiro atoms. The van der Waals surface area contributed by atoms with E-state index in [2.05, 4.69) is 72.2 Å². The van der Waals surface area contributed by atoms with Crippen LogP contribution in [0.25, 0.3) is 42.4 Å². The summed E-state index contributed by atoms with van der Waals surface area (Å²) < 4.78 is 59.8. The van der Waals surface area contributed by atoms with Crippen LogP contribution in [-0.2, 0) is 28.4 Å². The molecule has 0 atom stereocenters. The molecule has 0 fully saturated rings. The number of guanidine groups is 2. The van der Waals surface area contributed by atoms with Gasteiger partial charge in [-0.25, -0.2) is 28.8 Å². The predicted octanol–water partition coefficient (Wildman–Crippen LogP) is 15.4. The van der Waals surface area contributed by atoms with Crippen LogP contribution in [0.2, 0.25) is 0 Å². The topological polar surface area (TPSA) is 292 Å². The van der Waals surface area contributed by atoms with Crippen molar-refractivity contribution in [2.45, 2.75) is 198 Å². The summed E-state index contributed by atoms with van der Waals surface area (Å²) in [6.07, 6.45) is -2.54. The second kappa shape index (κ2) is 35.7. The van der Waals surface area contributed by atoms with Crippen LogP contribution < -0.4 is 50.8 Å². The van der Waals surface area contributed by atoms with Crippen molar-refractivity contribution in [2.24, 2.45) is 9.98 Å². The Morgan fingerprint density at radius 2 is 0.611 bits per heavy atom. The van der Waals surface area contributed by atoms with E-state index in [4.69, 9.17) is 47.4 Å². The summed E-state index contributed by atoms with van der Waals surface area (Å²) >= 11 is 1.66. The third-order valence-corrected chi connectivity index (χ3v) is 12.7. The summed E-state index contributed by atoms with van der Waals surface area (Å²) in [5, 5.41) is 17.6. The summed E-state index contributed by atoms with van der Waals surface area (Å²) in [5.74, 6) is 1.77. The van der Waals surface area contributed by atoms with Gasteiger partial charge in [-0.1, -0.05) is 26.0 Å². The van der Waals surface area contributed by atoms with Crippen LogP contribution >= 0.6 is 11.3 Å². The molecule has 4 aromatic carbocycles. The van der Waals surface area contributed by atoms with Crippen LogP contribution in [0.4, 0.5) is 28.8 Å². The number of amides is 6. The summed E-state index contributed by atoms with van der Waals surface area (Å²) in [4.78, 5) is 84.5. The zero-order valence-corrected chi connectivity index (χ0v) is 60.1. The first-order valence-electron chi connectivity index (χ1n) is 32.0. The number of nitrogens with one attached hydrogen (secondary N) is 6. The van der Waals surface area contributed by atoms with Gasteiger partial charge in [0.15, 0.2) is 0 Å². The van der Waals surface area contributed by atoms with Crippen molar-refractivity contribution in [1.29, 1.82) is 0 Å². The average molecular weight is 1340 g/mol. The SMILES string of the molecule is CC.CC(C)(C)OC(=O)NCCCOc1cc(OCCCNC(=O)OC(C)(C)C)cc(-c2ccc3sc4ccc(-c5cc(OCCCN=C(NC(=O)OC(C)(C)C)NC(=O)OC(C)(C)C)cc(OCCCN=C(NC(=O)OC(C)(C)C)NC(=O)OC(C)(C)C)c5)cc4c3c2)c1. The van der Waals surface area contributed by atoms with Crippen LogP contribution in [0.1, 0.15) is 164 Å². The number of carbonyl (C=O) groups is 6. The maximum Gasteiger partial charge on any atom is 0.414 e. The number of alkyl carbamates (subject to hydrolysis) is 6. The molecular weight excluding hydrogens is 1240 g/mol. The van der Waals surface area contributed by atoms with Crippen LogP contribution in [-0.4, -0.2) is 135 Å². The molecule has 0 aliphatic rings. The van der Waals surface area contributed by atoms with Gasteiger partial charge in [-0.3, -0.25) is 31.3 Å². The van der Waals surface area contributed by atoms with Gasteiger partial charge in [-0.05, 0) is 208 Å². The van der Waals surface area contributed by atoms with E-state index in [9.17, 15) is 28.8 Å². The van der Waals surface area contributed by atoms with E-state index in [-0.39, 0.29) is 38.2 Å². The summed E-state index contributed by atoms with van der Waals surface area (Å²) in [5.41, 5.74) is -1.12. The molecule has 24 nitrogen and oxygen atoms in total. The number of hydrogen-bond donors (Lipinski definition) is 6. The number of aliphatic imine (C=N–C) groups is 2. The van der Waals surface area contributed by atoms with E-state index in [1.54, 1.807) is 142 Å². The van der Waals surface area contributed by atoms with Crippen molar-refractivity contribution in [3.8, 4) is 45.3 Å². The van der Waals surface area contributed by atoms with Crippen molar-refractivity contribution in [3.63, 3.8) is 0 Å². The van der Waals surface area contributed by atoms with Crippen LogP contribution in [0, 0.1) is 0 Å². The lowest BCUT2D eigenvalue weighted by Crippen LogP contribution is -2.47. The number of benzene rings is 4. The molecule has 6 amide bonds. The first-order chi connectivity index (χ1) is 44.2. The maximum atomic E-state index is 12.8. The third kappa shape index (κ3) is 32.3. The predicted molar refractivity (Wildman–Crippen MR) is 373 cm³/mol. The van der Waals surface area contributed by atoms with Crippen molar-refractivity contribution in [1.82, 2.24) is 31.9 Å². The molecule has 25 heteroatoms. The van der Waals surface area contributed by atoms with Gasteiger partial charge in [-0.15, -0.1) is 11.3 Å². The summed E-state index contributed by atoms with van der Waals surface area (Å²) in [7, 11) is 0. The number of hydrogen-bond acceptors (Lipinski definition) is 19. The van der Waals surface area contributed by atoms with E-state index in [0.29, 0.717) is 75.0 Å². The molecular formula is C70H102N8O16S. The van der Waals surface area contributed by atoms with E-state index in [1.807, 2.05) is 50.2 Å². The van der Waals surface area contributed by atoms with Gasteiger partial charge < -0.3 is 58.0 Å². The Bertz CT molecular complexity index is 3210. The van der Waals surface area contributed by atoms with Gasteiger partial charge in [0.2, 0.25) is 11.9 Å². The molecule has 524 valence electrons. The molecule has 0 aliphatic heterocycles. The van der Waals surface area contributed by atoms with Gasteiger partial charge in [0.25, 0.3) is 0 Å². The lowest BCUT2D eigenvalue weighted by atomic mass is 9.99. The zero-order valence-electron chi connectivity index (χ0n) is 59.2. The van der Waals surface area contributed by atoms with E-state index in [1.165, 1.54) is 0 Å². The zero-order chi connectivity index (χ0) is 71.0. The molecule has 0 unspecified atom stereocenters. The quantitative estimate of drug-likeness (QED) is 0.0162. The van der Waals surface area contributed by atoms with Gasteiger partial charge >= 0.3 is 36.6 Å². The fourth-order valence-electron chi connectivity index (χ4n) is 8.19. The average Bonchev–Trinajstić information content (AvgIpc) is 1.64. The standard InChI is InChI=1S/C68H96N8O16S.C2H6/c1-63(2,3)87-57(77)71-29-21-33-85-49-37-46(38-50(42-49)86-34-22-30-72-58(78)88-64(4,5)6)44-24-26-54-52(40-44)51-39-43(23-25-53(51)93-54)45-35-47(83-31-19-27-69-55(73-59(79)89-65(7,8)9)74-60(80)90-66(10,11)12)41-48(36-45)84-32-20-28-70-56(75-61(81)91-67(13,14)15)76-62(82)92-68(16,17)18;1-2/h23-26,35-42H,19-22,27-34H2,1-18H3,(H,71,77)(H,72,78)(H2,69,73,74,79,80)(H2,70,75,76,81,82);1-2H3. The second-order valence-corrected chi connectivity index (χ2v) is 28.6. The fraction of sp³-hybridized carbons (Fsp3) is 0.543. The highest BCUT2D eigenvalue weighted by Crippen LogP contribution is 2.41. The monoisotopic (exact) mass is 1340 g/mol. The molecule has 95 heavy (non-hydrogen) atoms. The molecule has 6 N–H and O–H groups in total. The highest BCUT2D eigenvalue weighted by molar-refractivity contribution is 7.25. The van der Waals surface area contributed by atoms with E-state index in [0.717, 1.165) is 42.4 Å². The lowest BCUT2D eigenvalue weighted by molar-refractivity contribution is 0.0514. The number of carbonyl (C=O) groups excluding carboxylic acids is 6. The number of rotatable bonds is 22. The first-order valence-corrected chi connectivity index (χ1v) is 32.8. The molecule has 1 heterocycles. The molecule has 5 aromatic rings. The Balaban J connectivity index is 0.00000951. The summed E-state index contributed by atoms with van der Waals surface area (Å²) in [6, 6.07) is 23.8. The normalized spacial score (nSPS) is 11.7. The Labute approximate surface area is 564 Å². The molecule has 0 bridgehead atoms. The highest BCUT2D eigenvalue weighted by atomic mass is 32.1. The molecule has 1 aromatic heterocycles. The van der Waals surface area contributed by atoms with Gasteiger partial charge in [0.1, 0.15) is 56.6 Å². The van der Waals surface area contributed by atoms with Crippen molar-refractivity contribution >= 4 is 80.0 Å². The second-order valence-electron chi connectivity index (χ2n) is 27.5. The van der Waals surface area contributed by atoms with E-state index < -0.39 is 70.2 Å². The summed E-state index contributed by atoms with van der Waals surface area (Å²) in [6.45, 7) is 37.3. The minimum absolute atomic E-state index is 0.123. The lowest BCUT2D eigenvalue weighted by Gasteiger charge is -2.22. The Hall–Kier alpha value is -8.74. The third-order valence-electron chi connectivity index (χ3n) is 11.6. The maximum absolute atomic E-state index is 12.8. The molecule has 0 radical (unpaired) electrons. The number of fused-ring (bicyclic) bond motifs is 3. The van der Waals surface area contributed by atoms with Crippen LogP contribution in [0.5, 0.6) is 23.0 Å². The Morgan fingerprint density at radius 1 is 0.347 bits per heavy atom.